The minimum Gasteiger partial charge on any atom is -0.487 e. The fraction of sp³-hybridized carbons (Fsp3) is 0.222. The molecular weight excluding hydrogens is 282 g/mol. The number of nitrogens with zero attached hydrogens (tertiary/aromatic N) is 1. The van der Waals surface area contributed by atoms with Crippen LogP contribution in [0.25, 0.3) is 10.9 Å². The Morgan fingerprint density at radius 2 is 1.90 bits per heavy atom. The predicted octanol–water partition coefficient (Wildman–Crippen LogP) is 5.20. The molecule has 0 fully saturated rings. The summed E-state index contributed by atoms with van der Waals surface area (Å²) < 4.78 is 8.16. The number of benzene rings is 2. The number of hydrogen-bond acceptors (Lipinski definition) is 1. The zero-order chi connectivity index (χ0) is 14.8. The van der Waals surface area contributed by atoms with Crippen LogP contribution in [0.2, 0.25) is 5.02 Å². The van der Waals surface area contributed by atoms with E-state index in [9.17, 15) is 0 Å². The molecule has 21 heavy (non-hydrogen) atoms. The van der Waals surface area contributed by atoms with E-state index in [4.69, 9.17) is 16.3 Å². The molecule has 0 amide bonds. The molecule has 0 aliphatic heterocycles. The van der Waals surface area contributed by atoms with Crippen molar-refractivity contribution in [1.29, 1.82) is 0 Å². The highest BCUT2D eigenvalue weighted by Crippen LogP contribution is 2.28. The Hall–Kier alpha value is -1.93. The van der Waals surface area contributed by atoms with Gasteiger partial charge in [-0.1, -0.05) is 41.9 Å². The van der Waals surface area contributed by atoms with Crippen LogP contribution >= 0.6 is 11.6 Å². The normalized spacial score (nSPS) is 11.0. The summed E-state index contributed by atoms with van der Waals surface area (Å²) >= 11 is 6.14. The highest BCUT2D eigenvalue weighted by molar-refractivity contribution is 6.32. The summed E-state index contributed by atoms with van der Waals surface area (Å²) in [5.41, 5.74) is 3.77. The van der Waals surface area contributed by atoms with Crippen LogP contribution < -0.4 is 4.74 Å². The van der Waals surface area contributed by atoms with Crippen LogP contribution in [0.15, 0.2) is 48.7 Å². The van der Waals surface area contributed by atoms with E-state index in [0.29, 0.717) is 11.6 Å². The first-order chi connectivity index (χ1) is 10.2. The quantitative estimate of drug-likeness (QED) is 0.645. The molecule has 0 aliphatic carbocycles. The number of aromatic nitrogens is 1. The molecule has 3 heteroatoms. The molecule has 0 bridgehead atoms. The fourth-order valence-electron chi connectivity index (χ4n) is 2.70. The second-order valence-electron chi connectivity index (χ2n) is 5.13. The van der Waals surface area contributed by atoms with E-state index in [0.717, 1.165) is 12.3 Å². The summed E-state index contributed by atoms with van der Waals surface area (Å²) in [4.78, 5) is 0. The molecule has 0 aliphatic rings. The Morgan fingerprint density at radius 3 is 2.67 bits per heavy atom. The Labute approximate surface area is 129 Å². The number of ether oxygens (including phenoxy) is 1. The lowest BCUT2D eigenvalue weighted by atomic mass is 10.1. The highest BCUT2D eigenvalue weighted by atomic mass is 35.5. The first-order valence-electron chi connectivity index (χ1n) is 7.15. The van der Waals surface area contributed by atoms with Crippen LogP contribution in [0.4, 0.5) is 0 Å². The van der Waals surface area contributed by atoms with Crippen LogP contribution in [0, 0.1) is 6.92 Å². The van der Waals surface area contributed by atoms with Crippen LogP contribution in [0.3, 0.4) is 0 Å². The Morgan fingerprint density at radius 1 is 1.10 bits per heavy atom. The van der Waals surface area contributed by atoms with Gasteiger partial charge in [0.1, 0.15) is 12.4 Å². The molecule has 0 unspecified atom stereocenters. The van der Waals surface area contributed by atoms with Gasteiger partial charge in [-0.3, -0.25) is 0 Å². The molecule has 0 saturated carbocycles. The molecule has 0 atom stereocenters. The standard InChI is InChI=1S/C18H18ClNO/c1-3-20-11-14(15-8-6-7-13(2)18(15)20)12-21-17-10-5-4-9-16(17)19/h4-11H,3,12H2,1-2H3. The van der Waals surface area contributed by atoms with Gasteiger partial charge in [-0.15, -0.1) is 0 Å². The van der Waals surface area contributed by atoms with Crippen LogP contribution in [0.5, 0.6) is 5.75 Å². The second kappa shape index (κ2) is 5.82. The first-order valence-corrected chi connectivity index (χ1v) is 7.53. The van der Waals surface area contributed by atoms with Gasteiger partial charge in [0.15, 0.2) is 0 Å². The fourth-order valence-corrected chi connectivity index (χ4v) is 2.89. The molecule has 0 spiro atoms. The minimum absolute atomic E-state index is 0.524. The average Bonchev–Trinajstić information content (AvgIpc) is 2.86. The lowest BCUT2D eigenvalue weighted by Gasteiger charge is -2.07. The van der Waals surface area contributed by atoms with Crippen molar-refractivity contribution in [1.82, 2.24) is 4.57 Å². The summed E-state index contributed by atoms with van der Waals surface area (Å²) in [5.74, 6) is 0.726. The first kappa shape index (κ1) is 14.0. The predicted molar refractivity (Wildman–Crippen MR) is 88.1 cm³/mol. The van der Waals surface area contributed by atoms with Crippen molar-refractivity contribution in [2.75, 3.05) is 0 Å². The third-order valence-electron chi connectivity index (χ3n) is 3.74. The van der Waals surface area contributed by atoms with Gasteiger partial charge in [-0.2, -0.15) is 0 Å². The monoisotopic (exact) mass is 299 g/mol. The van der Waals surface area contributed by atoms with Crippen molar-refractivity contribution >= 4 is 22.5 Å². The number of hydrogen-bond donors (Lipinski definition) is 0. The maximum absolute atomic E-state index is 6.14. The lowest BCUT2D eigenvalue weighted by Crippen LogP contribution is -1.95. The van der Waals surface area contributed by atoms with Gasteiger partial charge < -0.3 is 9.30 Å². The van der Waals surface area contributed by atoms with Crippen LogP contribution in [-0.4, -0.2) is 4.57 Å². The molecule has 2 aromatic carbocycles. The van der Waals surface area contributed by atoms with E-state index >= 15 is 0 Å². The van der Waals surface area contributed by atoms with E-state index in [1.54, 1.807) is 0 Å². The summed E-state index contributed by atoms with van der Waals surface area (Å²) in [7, 11) is 0. The molecule has 0 N–H and O–H groups in total. The van der Waals surface area contributed by atoms with Gasteiger partial charge >= 0.3 is 0 Å². The van der Waals surface area contributed by atoms with E-state index in [-0.39, 0.29) is 0 Å². The molecule has 3 rings (SSSR count). The van der Waals surface area contributed by atoms with Crippen LogP contribution in [0.1, 0.15) is 18.1 Å². The summed E-state index contributed by atoms with van der Waals surface area (Å²) in [6, 6.07) is 14.0. The molecule has 0 radical (unpaired) electrons. The maximum Gasteiger partial charge on any atom is 0.138 e. The topological polar surface area (TPSA) is 14.2 Å². The van der Waals surface area contributed by atoms with Gasteiger partial charge in [-0.25, -0.2) is 0 Å². The van der Waals surface area contributed by atoms with E-state index in [2.05, 4.69) is 42.8 Å². The second-order valence-corrected chi connectivity index (χ2v) is 5.54. The summed E-state index contributed by atoms with van der Waals surface area (Å²) in [6.45, 7) is 5.78. The lowest BCUT2D eigenvalue weighted by molar-refractivity contribution is 0.307. The summed E-state index contributed by atoms with van der Waals surface area (Å²) in [5, 5.41) is 1.90. The highest BCUT2D eigenvalue weighted by Gasteiger charge is 2.10. The molecule has 0 saturated heterocycles. The minimum atomic E-state index is 0.524. The number of fused-ring (bicyclic) bond motifs is 1. The zero-order valence-corrected chi connectivity index (χ0v) is 13.0. The Kier molecular flexibility index (Phi) is 3.89. The van der Waals surface area contributed by atoms with E-state index < -0.39 is 0 Å². The van der Waals surface area contributed by atoms with Crippen molar-refractivity contribution in [2.45, 2.75) is 27.0 Å². The van der Waals surface area contributed by atoms with Gasteiger partial charge in [0, 0.05) is 23.7 Å². The third-order valence-corrected chi connectivity index (χ3v) is 4.06. The SMILES string of the molecule is CCn1cc(COc2ccccc2Cl)c2cccc(C)c21. The largest absolute Gasteiger partial charge is 0.487 e. The smallest absolute Gasteiger partial charge is 0.138 e. The molecular formula is C18H18ClNO. The number of para-hydroxylation sites is 2. The van der Waals surface area contributed by atoms with Crippen molar-refractivity contribution in [2.24, 2.45) is 0 Å². The molecule has 108 valence electrons. The molecule has 1 aromatic heterocycles. The maximum atomic E-state index is 6.14. The Balaban J connectivity index is 1.95. The van der Waals surface area contributed by atoms with E-state index in [1.807, 2.05) is 24.3 Å². The number of aryl methyl sites for hydroxylation is 2. The van der Waals surface area contributed by atoms with Gasteiger partial charge in [0.05, 0.1) is 10.5 Å². The number of halogens is 1. The van der Waals surface area contributed by atoms with E-state index in [1.165, 1.54) is 22.0 Å². The average molecular weight is 300 g/mol. The molecule has 1 heterocycles. The number of rotatable bonds is 4. The molecule has 3 aromatic rings. The third kappa shape index (κ3) is 2.64. The Bertz CT molecular complexity index is 776. The van der Waals surface area contributed by atoms with Crippen molar-refractivity contribution in [3.05, 3.63) is 64.8 Å². The van der Waals surface area contributed by atoms with Gasteiger partial charge in [0.25, 0.3) is 0 Å². The van der Waals surface area contributed by atoms with Crippen LogP contribution in [-0.2, 0) is 13.2 Å². The zero-order valence-electron chi connectivity index (χ0n) is 12.3. The van der Waals surface area contributed by atoms with Crippen molar-refractivity contribution in [3.63, 3.8) is 0 Å². The van der Waals surface area contributed by atoms with Crippen molar-refractivity contribution < 1.29 is 4.74 Å². The summed E-state index contributed by atoms with van der Waals surface area (Å²) in [6.07, 6.45) is 2.18. The molecule has 2 nitrogen and oxygen atoms in total. The van der Waals surface area contributed by atoms with Crippen molar-refractivity contribution in [3.8, 4) is 5.75 Å². The van der Waals surface area contributed by atoms with Gasteiger partial charge in [0.2, 0.25) is 0 Å². The van der Waals surface area contributed by atoms with Gasteiger partial charge in [-0.05, 0) is 31.5 Å².